The Labute approximate surface area is 143 Å². The van der Waals surface area contributed by atoms with Gasteiger partial charge in [-0.05, 0) is 35.4 Å². The van der Waals surface area contributed by atoms with Gasteiger partial charge in [-0.1, -0.05) is 24.3 Å². The number of nitrogens with two attached hydrogens (primary N) is 1. The van der Waals surface area contributed by atoms with Crippen molar-refractivity contribution in [2.45, 2.75) is 0 Å². The number of methoxy groups -OCH3 is 1. The van der Waals surface area contributed by atoms with Crippen LogP contribution in [0.2, 0.25) is 0 Å². The molecule has 1 aromatic heterocycles. The first-order valence-electron chi connectivity index (χ1n) is 7.40. The molecule has 3 rings (SSSR count). The highest BCUT2D eigenvalue weighted by Gasteiger charge is 2.21. The molecule has 0 atom stereocenters. The van der Waals surface area contributed by atoms with Crippen molar-refractivity contribution < 1.29 is 13.9 Å². The highest BCUT2D eigenvalue weighted by atomic mass is 19.1. The van der Waals surface area contributed by atoms with Crippen LogP contribution in [0.5, 0.6) is 0 Å². The quantitative estimate of drug-likeness (QED) is 0.743. The smallest absolute Gasteiger partial charge is 0.357 e. The van der Waals surface area contributed by atoms with E-state index >= 15 is 0 Å². The normalized spacial score (nSPS) is 10.3. The van der Waals surface area contributed by atoms with E-state index in [4.69, 9.17) is 10.5 Å². The van der Waals surface area contributed by atoms with Crippen molar-refractivity contribution in [3.05, 3.63) is 71.8 Å². The molecular weight excluding hydrogens is 321 g/mol. The maximum Gasteiger partial charge on any atom is 0.357 e. The fourth-order valence-electron chi connectivity index (χ4n) is 2.60. The number of halogens is 1. The molecule has 2 N–H and O–H groups in total. The molecule has 25 heavy (non-hydrogen) atoms. The number of nitrogens with zero attached hydrogens (tertiary/aromatic N) is 2. The third-order valence-corrected chi connectivity index (χ3v) is 3.85. The second-order valence-electron chi connectivity index (χ2n) is 5.34. The molecule has 0 aliphatic carbocycles. The highest BCUT2D eigenvalue weighted by molar-refractivity contribution is 5.96. The first-order valence-corrected chi connectivity index (χ1v) is 7.40. The molecule has 0 bridgehead atoms. The zero-order valence-corrected chi connectivity index (χ0v) is 13.4. The van der Waals surface area contributed by atoms with E-state index in [-0.39, 0.29) is 22.8 Å². The van der Waals surface area contributed by atoms with Crippen molar-refractivity contribution in [1.82, 2.24) is 4.57 Å². The molecule has 2 aromatic carbocycles. The van der Waals surface area contributed by atoms with Crippen LogP contribution >= 0.6 is 0 Å². The number of anilines is 1. The van der Waals surface area contributed by atoms with Gasteiger partial charge in [0.15, 0.2) is 5.69 Å². The van der Waals surface area contributed by atoms with Crippen LogP contribution in [0.3, 0.4) is 0 Å². The number of hydrogen-bond donors (Lipinski definition) is 1. The van der Waals surface area contributed by atoms with Crippen LogP contribution in [0.4, 0.5) is 10.1 Å². The van der Waals surface area contributed by atoms with E-state index in [1.807, 2.05) is 18.2 Å². The monoisotopic (exact) mass is 335 g/mol. The fraction of sp³-hybridized carbons (Fsp3) is 0.0526. The fourth-order valence-corrected chi connectivity index (χ4v) is 2.60. The van der Waals surface area contributed by atoms with E-state index < -0.39 is 5.97 Å². The van der Waals surface area contributed by atoms with Crippen molar-refractivity contribution in [3.8, 4) is 22.9 Å². The van der Waals surface area contributed by atoms with Gasteiger partial charge in [0.05, 0.1) is 18.4 Å². The Hall–Kier alpha value is -3.59. The van der Waals surface area contributed by atoms with E-state index in [2.05, 4.69) is 0 Å². The highest BCUT2D eigenvalue weighted by Crippen LogP contribution is 2.27. The van der Waals surface area contributed by atoms with E-state index in [0.29, 0.717) is 5.69 Å². The second kappa shape index (κ2) is 6.49. The number of rotatable bonds is 3. The molecule has 3 aromatic rings. The van der Waals surface area contributed by atoms with Crippen LogP contribution in [0.25, 0.3) is 16.8 Å². The van der Waals surface area contributed by atoms with Gasteiger partial charge in [-0.15, -0.1) is 0 Å². The summed E-state index contributed by atoms with van der Waals surface area (Å²) in [6, 6.07) is 15.3. The molecule has 6 heteroatoms. The van der Waals surface area contributed by atoms with Crippen LogP contribution in [0.15, 0.2) is 54.7 Å². The Balaban J connectivity index is 2.15. The van der Waals surface area contributed by atoms with Gasteiger partial charge in [0.2, 0.25) is 0 Å². The predicted molar refractivity (Wildman–Crippen MR) is 91.6 cm³/mol. The maximum atomic E-state index is 13.1. The largest absolute Gasteiger partial charge is 0.464 e. The minimum absolute atomic E-state index is 0.0709. The lowest BCUT2D eigenvalue weighted by atomic mass is 10.1. The molecule has 0 radical (unpaired) electrons. The number of aromatic nitrogens is 1. The topological polar surface area (TPSA) is 81.0 Å². The van der Waals surface area contributed by atoms with Gasteiger partial charge in [0.25, 0.3) is 0 Å². The molecule has 1 heterocycles. The van der Waals surface area contributed by atoms with Gasteiger partial charge >= 0.3 is 5.97 Å². The van der Waals surface area contributed by atoms with Crippen molar-refractivity contribution in [2.75, 3.05) is 12.8 Å². The first-order chi connectivity index (χ1) is 12.0. The number of hydrogen-bond acceptors (Lipinski definition) is 4. The van der Waals surface area contributed by atoms with E-state index in [1.54, 1.807) is 24.3 Å². The average molecular weight is 335 g/mol. The summed E-state index contributed by atoms with van der Waals surface area (Å²) >= 11 is 0. The minimum atomic E-state index is -0.633. The molecule has 0 saturated heterocycles. The third kappa shape index (κ3) is 2.95. The summed E-state index contributed by atoms with van der Waals surface area (Å²) in [5, 5.41) is 9.19. The summed E-state index contributed by atoms with van der Waals surface area (Å²) in [6.45, 7) is 0. The summed E-state index contributed by atoms with van der Waals surface area (Å²) in [5.41, 5.74) is 8.55. The third-order valence-electron chi connectivity index (χ3n) is 3.85. The molecule has 0 aliphatic rings. The van der Waals surface area contributed by atoms with Gasteiger partial charge in [0, 0.05) is 11.9 Å². The lowest BCUT2D eigenvalue weighted by Crippen LogP contribution is -2.11. The number of carbonyl (C=O) groups excluding carboxylic acids is 1. The summed E-state index contributed by atoms with van der Waals surface area (Å²) in [5.74, 6) is -0.948. The van der Waals surface area contributed by atoms with Gasteiger partial charge < -0.3 is 15.0 Å². The van der Waals surface area contributed by atoms with Crippen LogP contribution in [0.1, 0.15) is 16.1 Å². The molecule has 0 aliphatic heterocycles. The second-order valence-corrected chi connectivity index (χ2v) is 5.34. The molecule has 0 spiro atoms. The summed E-state index contributed by atoms with van der Waals surface area (Å²) in [4.78, 5) is 12.1. The van der Waals surface area contributed by atoms with Crippen molar-refractivity contribution in [1.29, 1.82) is 5.26 Å². The standard InChI is InChI=1S/C19H14FN3O2/c1-25-19(24)18-17(22)14(10-21)11-23(18)16-4-2-3-13(9-16)12-5-7-15(20)8-6-12/h2-9,11H,22H2,1H3. The molecule has 0 saturated carbocycles. The molecular formula is C19H14FN3O2. The summed E-state index contributed by atoms with van der Waals surface area (Å²) < 4.78 is 19.4. The summed E-state index contributed by atoms with van der Waals surface area (Å²) in [6.07, 6.45) is 1.49. The zero-order valence-electron chi connectivity index (χ0n) is 13.4. The Morgan fingerprint density at radius 2 is 1.92 bits per heavy atom. The van der Waals surface area contributed by atoms with Gasteiger partial charge in [-0.3, -0.25) is 0 Å². The lowest BCUT2D eigenvalue weighted by Gasteiger charge is -2.10. The van der Waals surface area contributed by atoms with Gasteiger partial charge in [0.1, 0.15) is 11.9 Å². The van der Waals surface area contributed by atoms with Crippen LogP contribution in [-0.4, -0.2) is 17.6 Å². The number of benzene rings is 2. The van der Waals surface area contributed by atoms with Crippen LogP contribution < -0.4 is 5.73 Å². The first kappa shape index (κ1) is 16.3. The van der Waals surface area contributed by atoms with Crippen molar-refractivity contribution in [2.24, 2.45) is 0 Å². The Bertz CT molecular complexity index is 985. The SMILES string of the molecule is COC(=O)c1c(N)c(C#N)cn1-c1cccc(-c2ccc(F)cc2)c1. The Morgan fingerprint density at radius 1 is 1.20 bits per heavy atom. The van der Waals surface area contributed by atoms with E-state index in [9.17, 15) is 14.4 Å². The van der Waals surface area contributed by atoms with Crippen molar-refractivity contribution >= 4 is 11.7 Å². The Kier molecular flexibility index (Phi) is 4.23. The van der Waals surface area contributed by atoms with Gasteiger partial charge in [-0.25, -0.2) is 9.18 Å². The number of nitriles is 1. The molecule has 124 valence electrons. The van der Waals surface area contributed by atoms with Gasteiger partial charge in [-0.2, -0.15) is 5.26 Å². The minimum Gasteiger partial charge on any atom is -0.464 e. The number of nitrogen functional groups attached to an aromatic ring is 1. The molecule has 0 fully saturated rings. The molecule has 0 unspecified atom stereocenters. The van der Waals surface area contributed by atoms with Crippen LogP contribution in [0, 0.1) is 17.1 Å². The van der Waals surface area contributed by atoms with E-state index in [0.717, 1.165) is 11.1 Å². The Morgan fingerprint density at radius 3 is 2.56 bits per heavy atom. The number of ether oxygens (including phenoxy) is 1. The number of esters is 1. The predicted octanol–water partition coefficient (Wildman–Crippen LogP) is 3.52. The summed E-state index contributed by atoms with van der Waals surface area (Å²) in [7, 11) is 1.25. The van der Waals surface area contributed by atoms with E-state index in [1.165, 1.54) is 30.0 Å². The van der Waals surface area contributed by atoms with Crippen molar-refractivity contribution in [3.63, 3.8) is 0 Å². The number of carbonyl (C=O) groups is 1. The van der Waals surface area contributed by atoms with Crippen LogP contribution in [-0.2, 0) is 4.74 Å². The molecule has 0 amide bonds. The average Bonchev–Trinajstić information content (AvgIpc) is 2.98. The molecule has 5 nitrogen and oxygen atoms in total. The maximum absolute atomic E-state index is 13.1. The lowest BCUT2D eigenvalue weighted by molar-refractivity contribution is 0.0593. The zero-order chi connectivity index (χ0) is 18.0.